The predicted molar refractivity (Wildman–Crippen MR) is 123 cm³/mol. The molecule has 6 rings (SSSR count). The van der Waals surface area contributed by atoms with Crippen molar-refractivity contribution in [3.05, 3.63) is 47.0 Å². The maximum atomic E-state index is 6.12. The van der Waals surface area contributed by atoms with E-state index in [2.05, 4.69) is 42.2 Å². The third kappa shape index (κ3) is 4.30. The molecule has 3 aliphatic carbocycles. The van der Waals surface area contributed by atoms with E-state index in [9.17, 15) is 0 Å². The molecule has 0 N–H and O–H groups in total. The summed E-state index contributed by atoms with van der Waals surface area (Å²) < 4.78 is 5.46. The molecule has 1 aromatic rings. The largest absolute Gasteiger partial charge is 0.379 e. The molecule has 5 aliphatic rings. The molecule has 2 bridgehead atoms. The Labute approximate surface area is 197 Å². The van der Waals surface area contributed by atoms with Crippen LogP contribution in [-0.4, -0.2) is 42.8 Å². The average Bonchev–Trinajstić information content (AvgIpc) is 2.86. The molecular formula is C27H37NO5. The molecule has 6 nitrogen and oxygen atoms in total. The van der Waals surface area contributed by atoms with Crippen LogP contribution in [0, 0.1) is 11.8 Å². The van der Waals surface area contributed by atoms with E-state index in [1.54, 1.807) is 0 Å². The highest BCUT2D eigenvalue weighted by atomic mass is 17.4. The van der Waals surface area contributed by atoms with Gasteiger partial charge in [0.15, 0.2) is 0 Å². The van der Waals surface area contributed by atoms with Crippen LogP contribution >= 0.6 is 0 Å². The summed E-state index contributed by atoms with van der Waals surface area (Å²) in [6.07, 6.45) is 10.4. The summed E-state index contributed by atoms with van der Waals surface area (Å²) in [6.45, 7) is 6.90. The quantitative estimate of drug-likeness (QED) is 0.459. The van der Waals surface area contributed by atoms with Crippen LogP contribution in [0.15, 0.2) is 35.9 Å². The number of ether oxygens (including phenoxy) is 1. The highest BCUT2D eigenvalue weighted by Crippen LogP contribution is 2.52. The number of morpholine rings is 1. The smallest absolute Gasteiger partial charge is 0.243 e. The van der Waals surface area contributed by atoms with Crippen molar-refractivity contribution in [2.24, 2.45) is 11.8 Å². The third-order valence-corrected chi connectivity index (χ3v) is 8.60. The van der Waals surface area contributed by atoms with E-state index < -0.39 is 11.6 Å². The number of hydrogen-bond acceptors (Lipinski definition) is 6. The van der Waals surface area contributed by atoms with Gasteiger partial charge in [-0.1, -0.05) is 42.8 Å². The highest BCUT2D eigenvalue weighted by molar-refractivity contribution is 5.26. The Morgan fingerprint density at radius 1 is 0.939 bits per heavy atom. The van der Waals surface area contributed by atoms with E-state index >= 15 is 0 Å². The summed E-state index contributed by atoms with van der Waals surface area (Å²) in [6, 6.07) is 9.18. The van der Waals surface area contributed by atoms with Crippen molar-refractivity contribution < 1.29 is 24.3 Å². The standard InChI is InChI=1S/C27H37NO5/c1-20-17-22-3-2-4-25(18-22)27(20)32-30-26(31-33-27)11-9-24(10-12-26)23-7-5-21(6-8-23)19-28-13-15-29-16-14-28/h5-8,17,20,24-25H,2-4,9-16,18-19H2,1H3. The first-order valence-corrected chi connectivity index (χ1v) is 13.0. The van der Waals surface area contributed by atoms with E-state index in [0.717, 1.165) is 71.4 Å². The van der Waals surface area contributed by atoms with Crippen molar-refractivity contribution in [1.29, 1.82) is 0 Å². The van der Waals surface area contributed by atoms with Crippen molar-refractivity contribution >= 4 is 0 Å². The number of benzene rings is 1. The zero-order chi connectivity index (χ0) is 22.3. The van der Waals surface area contributed by atoms with E-state index in [4.69, 9.17) is 24.3 Å². The topological polar surface area (TPSA) is 49.4 Å². The molecule has 2 heterocycles. The monoisotopic (exact) mass is 455 g/mol. The van der Waals surface area contributed by atoms with Gasteiger partial charge in [0, 0.05) is 44.3 Å². The molecule has 0 aromatic heterocycles. The minimum Gasteiger partial charge on any atom is -0.379 e. The molecular weight excluding hydrogens is 418 g/mol. The zero-order valence-corrected chi connectivity index (χ0v) is 19.8. The molecule has 2 saturated heterocycles. The molecule has 180 valence electrons. The maximum Gasteiger partial charge on any atom is 0.243 e. The summed E-state index contributed by atoms with van der Waals surface area (Å²) in [5.74, 6) is -0.589. The fraction of sp³-hybridized carbons (Fsp3) is 0.704. The molecule has 0 amide bonds. The van der Waals surface area contributed by atoms with Crippen LogP contribution in [0.25, 0.3) is 0 Å². The van der Waals surface area contributed by atoms with Gasteiger partial charge in [-0.15, -0.1) is 0 Å². The number of nitrogens with zero attached hydrogens (tertiary/aromatic N) is 1. The fourth-order valence-corrected chi connectivity index (χ4v) is 6.50. The first-order chi connectivity index (χ1) is 16.1. The van der Waals surface area contributed by atoms with Gasteiger partial charge >= 0.3 is 0 Å². The summed E-state index contributed by atoms with van der Waals surface area (Å²) >= 11 is 0. The Kier molecular flexibility index (Phi) is 6.10. The van der Waals surface area contributed by atoms with Crippen molar-refractivity contribution in [2.75, 3.05) is 26.3 Å². The summed E-state index contributed by atoms with van der Waals surface area (Å²) in [4.78, 5) is 26.8. The van der Waals surface area contributed by atoms with Gasteiger partial charge in [-0.25, -0.2) is 0 Å². The van der Waals surface area contributed by atoms with Crippen LogP contribution in [0.1, 0.15) is 75.3 Å². The van der Waals surface area contributed by atoms with Crippen LogP contribution in [0.2, 0.25) is 0 Å². The zero-order valence-electron chi connectivity index (χ0n) is 19.8. The Morgan fingerprint density at radius 3 is 2.39 bits per heavy atom. The number of rotatable bonds is 3. The third-order valence-electron chi connectivity index (χ3n) is 8.60. The van der Waals surface area contributed by atoms with Crippen LogP contribution < -0.4 is 0 Å². The minimum absolute atomic E-state index is 0.135. The lowest BCUT2D eigenvalue weighted by Gasteiger charge is -2.52. The van der Waals surface area contributed by atoms with Gasteiger partial charge in [-0.3, -0.25) is 4.90 Å². The van der Waals surface area contributed by atoms with Gasteiger partial charge < -0.3 is 4.74 Å². The van der Waals surface area contributed by atoms with Crippen molar-refractivity contribution in [2.45, 2.75) is 82.3 Å². The molecule has 6 heteroatoms. The molecule has 2 spiro atoms. The normalized spacial score (nSPS) is 39.5. The van der Waals surface area contributed by atoms with Crippen LogP contribution in [0.5, 0.6) is 0 Å². The second-order valence-electron chi connectivity index (χ2n) is 10.8. The molecule has 2 atom stereocenters. The van der Waals surface area contributed by atoms with Gasteiger partial charge in [-0.05, 0) is 55.6 Å². The SMILES string of the molecule is CC1C=C2CCCC(C2)C12OOC1(CCC(c3ccc(CN4CCOCC4)cc3)CC1)OO2. The van der Waals surface area contributed by atoms with E-state index in [1.807, 2.05) is 0 Å². The minimum atomic E-state index is -0.789. The summed E-state index contributed by atoms with van der Waals surface area (Å²) in [5, 5.41) is 0. The summed E-state index contributed by atoms with van der Waals surface area (Å²) in [7, 11) is 0. The molecule has 4 fully saturated rings. The molecule has 2 unspecified atom stereocenters. The van der Waals surface area contributed by atoms with Gasteiger partial charge in [0.2, 0.25) is 11.6 Å². The highest BCUT2D eigenvalue weighted by Gasteiger charge is 2.58. The number of allylic oxidation sites excluding steroid dienone is 1. The van der Waals surface area contributed by atoms with Crippen molar-refractivity contribution in [1.82, 2.24) is 4.90 Å². The second kappa shape index (κ2) is 9.06. The van der Waals surface area contributed by atoms with Gasteiger partial charge in [-0.2, -0.15) is 19.6 Å². The van der Waals surface area contributed by atoms with E-state index in [-0.39, 0.29) is 5.92 Å². The average molecular weight is 456 g/mol. The first kappa shape index (κ1) is 22.2. The van der Waals surface area contributed by atoms with Crippen LogP contribution in [0.3, 0.4) is 0 Å². The summed E-state index contributed by atoms with van der Waals surface area (Å²) in [5.41, 5.74) is 4.32. The van der Waals surface area contributed by atoms with Gasteiger partial charge in [0.1, 0.15) is 0 Å². The van der Waals surface area contributed by atoms with Crippen LogP contribution in [0.4, 0.5) is 0 Å². The Morgan fingerprint density at radius 2 is 1.67 bits per heavy atom. The van der Waals surface area contributed by atoms with Gasteiger partial charge in [0.25, 0.3) is 0 Å². The molecule has 2 aliphatic heterocycles. The fourth-order valence-electron chi connectivity index (χ4n) is 6.50. The Bertz CT molecular complexity index is 844. The Hall–Kier alpha value is -1.28. The van der Waals surface area contributed by atoms with Gasteiger partial charge in [0.05, 0.1) is 13.2 Å². The molecule has 1 aromatic carbocycles. The predicted octanol–water partition coefficient (Wildman–Crippen LogP) is 5.25. The number of hydrogen-bond donors (Lipinski definition) is 0. The van der Waals surface area contributed by atoms with E-state index in [1.165, 1.54) is 29.5 Å². The lowest BCUT2D eigenvalue weighted by Crippen LogP contribution is -2.59. The van der Waals surface area contributed by atoms with Crippen LogP contribution in [-0.2, 0) is 30.8 Å². The maximum absolute atomic E-state index is 6.12. The lowest BCUT2D eigenvalue weighted by molar-refractivity contribution is -0.673. The van der Waals surface area contributed by atoms with Crippen molar-refractivity contribution in [3.8, 4) is 0 Å². The molecule has 0 radical (unpaired) electrons. The molecule has 33 heavy (non-hydrogen) atoms. The lowest BCUT2D eigenvalue weighted by atomic mass is 9.70. The number of fused-ring (bicyclic) bond motifs is 3. The first-order valence-electron chi connectivity index (χ1n) is 13.0. The molecule has 2 saturated carbocycles. The van der Waals surface area contributed by atoms with E-state index in [0.29, 0.717) is 11.8 Å². The van der Waals surface area contributed by atoms with Crippen molar-refractivity contribution in [3.63, 3.8) is 0 Å². The Balaban J connectivity index is 1.04. The second-order valence-corrected chi connectivity index (χ2v) is 10.8.